The molecule has 1 heterocycles. The number of rotatable bonds is 6. The van der Waals surface area contributed by atoms with Gasteiger partial charge in [-0.05, 0) is 108 Å². The van der Waals surface area contributed by atoms with E-state index in [1.54, 1.807) is 0 Å². The van der Waals surface area contributed by atoms with E-state index in [1.807, 2.05) is 18.3 Å². The third-order valence-electron chi connectivity index (χ3n) is 9.47. The molecule has 0 saturated carbocycles. The Bertz CT molecular complexity index is 2530. The Morgan fingerprint density at radius 3 is 1.55 bits per heavy atom. The first-order valence-electron chi connectivity index (χ1n) is 16.7. The van der Waals surface area contributed by atoms with Crippen LogP contribution in [0.25, 0.3) is 65.7 Å². The number of anilines is 3. The summed E-state index contributed by atoms with van der Waals surface area (Å²) in [7, 11) is 0. The molecule has 0 saturated heterocycles. The second-order valence-corrected chi connectivity index (χ2v) is 12.4. The number of hydrogen-bond acceptors (Lipinski definition) is 2. The van der Waals surface area contributed by atoms with Crippen LogP contribution in [0, 0.1) is 0 Å². The van der Waals surface area contributed by atoms with Crippen molar-refractivity contribution < 1.29 is 0 Å². The molecule has 0 bridgehead atoms. The van der Waals surface area contributed by atoms with E-state index in [0.29, 0.717) is 0 Å². The van der Waals surface area contributed by atoms with Crippen LogP contribution in [0.3, 0.4) is 0 Å². The Labute approximate surface area is 286 Å². The number of aromatic nitrogens is 1. The Balaban J connectivity index is 1.20. The van der Waals surface area contributed by atoms with Gasteiger partial charge in [0.1, 0.15) is 5.82 Å². The van der Waals surface area contributed by atoms with Gasteiger partial charge in [0, 0.05) is 17.6 Å². The van der Waals surface area contributed by atoms with E-state index in [2.05, 4.69) is 181 Å². The normalized spacial score (nSPS) is 11.3. The largest absolute Gasteiger partial charge is 0.295 e. The summed E-state index contributed by atoms with van der Waals surface area (Å²) in [6.45, 7) is 0. The van der Waals surface area contributed by atoms with Crippen molar-refractivity contribution in [2.45, 2.75) is 0 Å². The lowest BCUT2D eigenvalue weighted by Gasteiger charge is -2.25. The lowest BCUT2D eigenvalue weighted by Crippen LogP contribution is -2.11. The maximum Gasteiger partial charge on any atom is 0.137 e. The molecule has 2 heteroatoms. The van der Waals surface area contributed by atoms with Crippen molar-refractivity contribution in [3.05, 3.63) is 194 Å². The van der Waals surface area contributed by atoms with Crippen LogP contribution in [0.15, 0.2) is 194 Å². The molecule has 0 spiro atoms. The fourth-order valence-corrected chi connectivity index (χ4v) is 7.23. The van der Waals surface area contributed by atoms with Crippen LogP contribution in [0.5, 0.6) is 0 Å². The zero-order chi connectivity index (χ0) is 32.6. The number of benzene rings is 8. The molecular formula is C47H32N2. The molecule has 0 N–H and O–H groups in total. The first-order chi connectivity index (χ1) is 24.3. The van der Waals surface area contributed by atoms with E-state index in [0.717, 1.165) is 17.2 Å². The minimum Gasteiger partial charge on any atom is -0.295 e. The van der Waals surface area contributed by atoms with Crippen LogP contribution < -0.4 is 4.90 Å². The second-order valence-electron chi connectivity index (χ2n) is 12.4. The molecule has 8 aromatic carbocycles. The maximum absolute atomic E-state index is 4.76. The van der Waals surface area contributed by atoms with Gasteiger partial charge in [-0.2, -0.15) is 0 Å². The molecule has 9 aromatic rings. The summed E-state index contributed by atoms with van der Waals surface area (Å²) in [4.78, 5) is 7.00. The van der Waals surface area contributed by atoms with Gasteiger partial charge < -0.3 is 0 Å². The van der Waals surface area contributed by atoms with Crippen LogP contribution in [0.1, 0.15) is 0 Å². The highest BCUT2D eigenvalue weighted by Gasteiger charge is 2.18. The third kappa shape index (κ3) is 5.21. The van der Waals surface area contributed by atoms with Crippen molar-refractivity contribution >= 4 is 49.5 Å². The number of fused-ring (bicyclic) bond motifs is 3. The molecule has 0 aliphatic heterocycles. The fraction of sp³-hybridized carbons (Fsp3) is 0. The molecule has 0 fully saturated rings. The first-order valence-corrected chi connectivity index (χ1v) is 16.7. The molecule has 0 atom stereocenters. The molecule has 0 aliphatic carbocycles. The van der Waals surface area contributed by atoms with Crippen molar-refractivity contribution in [3.8, 4) is 33.4 Å². The van der Waals surface area contributed by atoms with E-state index in [9.17, 15) is 0 Å². The fourth-order valence-electron chi connectivity index (χ4n) is 7.23. The maximum atomic E-state index is 4.76. The van der Waals surface area contributed by atoms with Gasteiger partial charge in [-0.1, -0.05) is 146 Å². The van der Waals surface area contributed by atoms with Crippen molar-refractivity contribution in [2.24, 2.45) is 0 Å². The molecule has 0 aliphatic rings. The molecule has 0 radical (unpaired) electrons. The molecule has 230 valence electrons. The molecule has 2 nitrogen and oxygen atoms in total. The van der Waals surface area contributed by atoms with Gasteiger partial charge in [0.25, 0.3) is 0 Å². The van der Waals surface area contributed by atoms with Gasteiger partial charge in [-0.15, -0.1) is 0 Å². The van der Waals surface area contributed by atoms with Crippen LogP contribution in [-0.4, -0.2) is 4.98 Å². The molecule has 0 unspecified atom stereocenters. The molecule has 0 amide bonds. The van der Waals surface area contributed by atoms with Gasteiger partial charge in [0.05, 0.1) is 0 Å². The van der Waals surface area contributed by atoms with Crippen molar-refractivity contribution in [1.29, 1.82) is 0 Å². The zero-order valence-electron chi connectivity index (χ0n) is 26.9. The van der Waals surface area contributed by atoms with E-state index >= 15 is 0 Å². The number of hydrogen-bond donors (Lipinski definition) is 0. The summed E-state index contributed by atoms with van der Waals surface area (Å²) in [5.41, 5.74) is 9.48. The Hall–Kier alpha value is -6.51. The summed E-state index contributed by atoms with van der Waals surface area (Å²) in [5, 5.41) is 7.39. The summed E-state index contributed by atoms with van der Waals surface area (Å²) < 4.78 is 0. The minimum atomic E-state index is 0.878. The Morgan fingerprint density at radius 1 is 0.327 bits per heavy atom. The van der Waals surface area contributed by atoms with Crippen LogP contribution in [0.2, 0.25) is 0 Å². The van der Waals surface area contributed by atoms with Crippen molar-refractivity contribution in [1.82, 2.24) is 4.98 Å². The highest BCUT2D eigenvalue weighted by molar-refractivity contribution is 6.21. The highest BCUT2D eigenvalue weighted by atomic mass is 15.2. The lowest BCUT2D eigenvalue weighted by molar-refractivity contribution is 1.18. The van der Waals surface area contributed by atoms with Gasteiger partial charge >= 0.3 is 0 Å². The highest BCUT2D eigenvalue weighted by Crippen LogP contribution is 2.45. The SMILES string of the molecule is c1ccc(-c2cccc(-c3c4ccccc4c(-c4ccc(N(c5ccc6ccccc6c5)c5ccccn5)cc4)c4ccccc34)c2)cc1. The predicted octanol–water partition coefficient (Wildman–Crippen LogP) is 13.0. The van der Waals surface area contributed by atoms with Crippen molar-refractivity contribution in [3.63, 3.8) is 0 Å². The molecule has 9 rings (SSSR count). The summed E-state index contributed by atoms with van der Waals surface area (Å²) in [6, 6.07) is 67.4. The van der Waals surface area contributed by atoms with E-state index < -0.39 is 0 Å². The quantitative estimate of drug-likeness (QED) is 0.171. The monoisotopic (exact) mass is 624 g/mol. The standard InChI is InChI=1S/C47H32N2/c1-2-13-33(14-3-1)36-17-12-18-38(31-36)47-43-21-8-6-19-41(43)46(42-20-7-9-22-44(42)47)35-25-27-39(28-26-35)49(45-23-10-11-30-48-45)40-29-24-34-15-4-5-16-37(34)32-40/h1-32H. The van der Waals surface area contributed by atoms with Crippen LogP contribution in [-0.2, 0) is 0 Å². The van der Waals surface area contributed by atoms with Gasteiger partial charge in [0.15, 0.2) is 0 Å². The average molecular weight is 625 g/mol. The topological polar surface area (TPSA) is 16.1 Å². The lowest BCUT2D eigenvalue weighted by atomic mass is 9.85. The number of nitrogens with zero attached hydrogens (tertiary/aromatic N) is 2. The van der Waals surface area contributed by atoms with Crippen LogP contribution >= 0.6 is 0 Å². The Morgan fingerprint density at radius 2 is 0.878 bits per heavy atom. The first kappa shape index (κ1) is 28.7. The smallest absolute Gasteiger partial charge is 0.137 e. The Kier molecular flexibility index (Phi) is 7.18. The van der Waals surface area contributed by atoms with E-state index in [-0.39, 0.29) is 0 Å². The zero-order valence-corrected chi connectivity index (χ0v) is 26.9. The summed E-state index contributed by atoms with van der Waals surface area (Å²) in [6.07, 6.45) is 1.85. The summed E-state index contributed by atoms with van der Waals surface area (Å²) >= 11 is 0. The van der Waals surface area contributed by atoms with Gasteiger partial charge in [-0.25, -0.2) is 4.98 Å². The minimum absolute atomic E-state index is 0.878. The second kappa shape index (κ2) is 12.3. The molecule has 49 heavy (non-hydrogen) atoms. The van der Waals surface area contributed by atoms with Crippen LogP contribution in [0.4, 0.5) is 17.2 Å². The third-order valence-corrected chi connectivity index (χ3v) is 9.47. The van der Waals surface area contributed by atoms with Gasteiger partial charge in [-0.3, -0.25) is 4.90 Å². The average Bonchev–Trinajstić information content (AvgIpc) is 3.18. The predicted molar refractivity (Wildman–Crippen MR) is 208 cm³/mol. The number of pyridine rings is 1. The van der Waals surface area contributed by atoms with E-state index in [1.165, 1.54) is 65.7 Å². The summed E-state index contributed by atoms with van der Waals surface area (Å²) in [5.74, 6) is 0.878. The van der Waals surface area contributed by atoms with Crippen molar-refractivity contribution in [2.75, 3.05) is 4.90 Å². The van der Waals surface area contributed by atoms with E-state index in [4.69, 9.17) is 4.98 Å². The molecule has 1 aromatic heterocycles. The van der Waals surface area contributed by atoms with Gasteiger partial charge in [0.2, 0.25) is 0 Å². The molecular weight excluding hydrogens is 593 g/mol.